The molecule has 31 heavy (non-hydrogen) atoms. The summed E-state index contributed by atoms with van der Waals surface area (Å²) in [6.45, 7) is 0.819. The van der Waals surface area contributed by atoms with E-state index < -0.39 is 5.97 Å². The lowest BCUT2D eigenvalue weighted by Crippen LogP contribution is -2.37. The first-order valence-electron chi connectivity index (χ1n) is 10.8. The van der Waals surface area contributed by atoms with Crippen molar-refractivity contribution >= 4 is 27.8 Å². The van der Waals surface area contributed by atoms with Crippen LogP contribution >= 0.6 is 0 Å². The van der Waals surface area contributed by atoms with Gasteiger partial charge in [-0.25, -0.2) is 4.79 Å². The number of aryl methyl sites for hydroxylation is 1. The van der Waals surface area contributed by atoms with Crippen LogP contribution in [0.4, 0.5) is 0 Å². The Kier molecular flexibility index (Phi) is 5.00. The predicted octanol–water partition coefficient (Wildman–Crippen LogP) is 3.78. The summed E-state index contributed by atoms with van der Waals surface area (Å²) in [5.74, 6) is -0.938. The van der Waals surface area contributed by atoms with Crippen molar-refractivity contribution in [2.75, 3.05) is 0 Å². The molecule has 1 fully saturated rings. The molecule has 5 rings (SSSR count). The van der Waals surface area contributed by atoms with Gasteiger partial charge in [0.05, 0.1) is 16.8 Å². The lowest BCUT2D eigenvalue weighted by atomic mass is 9.91. The van der Waals surface area contributed by atoms with Gasteiger partial charge in [-0.2, -0.15) is 5.10 Å². The van der Waals surface area contributed by atoms with Crippen LogP contribution < -0.4 is 11.1 Å². The molecule has 0 atom stereocenters. The van der Waals surface area contributed by atoms with Crippen molar-refractivity contribution in [3.05, 3.63) is 53.6 Å². The van der Waals surface area contributed by atoms with Crippen LogP contribution in [0.25, 0.3) is 33.2 Å². The zero-order chi connectivity index (χ0) is 21.5. The summed E-state index contributed by atoms with van der Waals surface area (Å²) in [4.78, 5) is 14.8. The number of rotatable bonds is 5. The van der Waals surface area contributed by atoms with Gasteiger partial charge in [-0.05, 0) is 61.6 Å². The highest BCUT2D eigenvalue weighted by Crippen LogP contribution is 2.31. The van der Waals surface area contributed by atoms with E-state index in [0.717, 1.165) is 60.0 Å². The van der Waals surface area contributed by atoms with Crippen molar-refractivity contribution in [2.45, 2.75) is 44.3 Å². The molecule has 0 aliphatic heterocycles. The van der Waals surface area contributed by atoms with E-state index in [4.69, 9.17) is 5.73 Å². The van der Waals surface area contributed by atoms with Crippen molar-refractivity contribution in [3.63, 3.8) is 0 Å². The SMILES string of the molecule is Cn1nc(-c2cc3c(CNC4CCC(N)CC4)cccc3[nH]2)c2ccc(C(=O)O)cc21. The summed E-state index contributed by atoms with van der Waals surface area (Å²) in [6.07, 6.45) is 4.45. The third kappa shape index (κ3) is 3.71. The van der Waals surface area contributed by atoms with Gasteiger partial charge in [0.2, 0.25) is 0 Å². The molecule has 0 unspecified atom stereocenters. The van der Waals surface area contributed by atoms with Crippen LogP contribution in [-0.4, -0.2) is 37.9 Å². The molecule has 1 saturated carbocycles. The molecule has 0 radical (unpaired) electrons. The Hall–Kier alpha value is -3.16. The number of carboxylic acids is 1. The number of nitrogens with zero attached hydrogens (tertiary/aromatic N) is 2. The Bertz CT molecular complexity index is 1260. The van der Waals surface area contributed by atoms with E-state index in [-0.39, 0.29) is 5.56 Å². The summed E-state index contributed by atoms with van der Waals surface area (Å²) in [6, 6.07) is 14.5. The number of aromatic nitrogens is 3. The number of hydrogen-bond acceptors (Lipinski definition) is 4. The first kappa shape index (κ1) is 19.8. The fourth-order valence-corrected chi connectivity index (χ4v) is 4.67. The lowest BCUT2D eigenvalue weighted by molar-refractivity contribution is 0.0697. The maximum absolute atomic E-state index is 11.3. The van der Waals surface area contributed by atoms with E-state index in [1.165, 1.54) is 10.9 Å². The Morgan fingerprint density at radius 3 is 2.77 bits per heavy atom. The van der Waals surface area contributed by atoms with E-state index in [0.29, 0.717) is 12.1 Å². The summed E-state index contributed by atoms with van der Waals surface area (Å²) >= 11 is 0. The van der Waals surface area contributed by atoms with Gasteiger partial charge in [-0.15, -0.1) is 0 Å². The lowest BCUT2D eigenvalue weighted by Gasteiger charge is -2.27. The number of fused-ring (bicyclic) bond motifs is 2. The largest absolute Gasteiger partial charge is 0.478 e. The summed E-state index contributed by atoms with van der Waals surface area (Å²) in [5.41, 5.74) is 11.2. The van der Waals surface area contributed by atoms with Crippen LogP contribution in [0, 0.1) is 0 Å². The van der Waals surface area contributed by atoms with Gasteiger partial charge in [0, 0.05) is 42.0 Å². The van der Waals surface area contributed by atoms with Crippen LogP contribution in [0.15, 0.2) is 42.5 Å². The molecule has 5 N–H and O–H groups in total. The number of benzene rings is 2. The molecule has 0 amide bonds. The normalized spacial score (nSPS) is 19.3. The Morgan fingerprint density at radius 2 is 2.00 bits per heavy atom. The maximum Gasteiger partial charge on any atom is 0.335 e. The van der Waals surface area contributed by atoms with Crippen LogP contribution in [0.5, 0.6) is 0 Å². The van der Waals surface area contributed by atoms with E-state index in [1.54, 1.807) is 16.8 Å². The average Bonchev–Trinajstić information content (AvgIpc) is 3.34. The Balaban J connectivity index is 1.46. The Morgan fingerprint density at radius 1 is 1.19 bits per heavy atom. The number of nitrogens with one attached hydrogen (secondary N) is 2. The van der Waals surface area contributed by atoms with Crippen LogP contribution in [0.2, 0.25) is 0 Å². The monoisotopic (exact) mass is 417 g/mol. The zero-order valence-corrected chi connectivity index (χ0v) is 17.6. The first-order valence-corrected chi connectivity index (χ1v) is 10.8. The molecular weight excluding hydrogens is 390 g/mol. The second-order valence-corrected chi connectivity index (χ2v) is 8.56. The molecule has 2 aromatic heterocycles. The molecule has 7 nitrogen and oxygen atoms in total. The quantitative estimate of drug-likeness (QED) is 0.395. The highest BCUT2D eigenvalue weighted by Gasteiger charge is 2.19. The third-order valence-electron chi connectivity index (χ3n) is 6.46. The van der Waals surface area contributed by atoms with E-state index >= 15 is 0 Å². The van der Waals surface area contributed by atoms with Gasteiger partial charge in [0.25, 0.3) is 0 Å². The molecule has 0 saturated heterocycles. The van der Waals surface area contributed by atoms with Crippen molar-refractivity contribution in [2.24, 2.45) is 12.8 Å². The number of carboxylic acid groups (broad SMARTS) is 1. The molecular formula is C24H27N5O2. The molecule has 0 bridgehead atoms. The van der Waals surface area contributed by atoms with E-state index in [1.807, 2.05) is 13.1 Å². The fourth-order valence-electron chi connectivity index (χ4n) is 4.67. The summed E-state index contributed by atoms with van der Waals surface area (Å²) in [7, 11) is 1.84. The van der Waals surface area contributed by atoms with Crippen molar-refractivity contribution in [1.29, 1.82) is 0 Å². The van der Waals surface area contributed by atoms with Gasteiger partial charge in [-0.1, -0.05) is 12.1 Å². The maximum atomic E-state index is 11.3. The number of H-pyrrole nitrogens is 1. The number of aromatic amines is 1. The van der Waals surface area contributed by atoms with E-state index in [9.17, 15) is 9.90 Å². The number of nitrogens with two attached hydrogens (primary N) is 1. The second kappa shape index (κ2) is 7.83. The highest BCUT2D eigenvalue weighted by molar-refractivity contribution is 6.00. The third-order valence-corrected chi connectivity index (χ3v) is 6.46. The fraction of sp³-hybridized carbons (Fsp3) is 0.333. The molecule has 160 valence electrons. The number of aromatic carboxylic acids is 1. The standard InChI is InChI=1S/C24H27N5O2/c1-29-22-11-14(24(30)31)5-10-18(22)23(28-29)21-12-19-15(3-2-4-20(19)27-21)13-26-17-8-6-16(25)7-9-17/h2-5,10-12,16-17,26-27H,6-9,13,25H2,1H3,(H,30,31). The second-order valence-electron chi connectivity index (χ2n) is 8.56. The average molecular weight is 418 g/mol. The Labute approximate surface area is 180 Å². The molecule has 0 spiro atoms. The van der Waals surface area contributed by atoms with E-state index in [2.05, 4.69) is 39.7 Å². The predicted molar refractivity (Wildman–Crippen MR) is 122 cm³/mol. The molecule has 7 heteroatoms. The minimum Gasteiger partial charge on any atom is -0.478 e. The van der Waals surface area contributed by atoms with Gasteiger partial charge in [0.1, 0.15) is 5.69 Å². The van der Waals surface area contributed by atoms with Crippen molar-refractivity contribution in [3.8, 4) is 11.4 Å². The van der Waals surface area contributed by atoms with Crippen LogP contribution in [0.1, 0.15) is 41.6 Å². The van der Waals surface area contributed by atoms with Crippen molar-refractivity contribution in [1.82, 2.24) is 20.1 Å². The van der Waals surface area contributed by atoms with Gasteiger partial charge < -0.3 is 21.1 Å². The first-order chi connectivity index (χ1) is 15.0. The summed E-state index contributed by atoms with van der Waals surface area (Å²) in [5, 5.41) is 19.8. The smallest absolute Gasteiger partial charge is 0.335 e. The highest BCUT2D eigenvalue weighted by atomic mass is 16.4. The number of carbonyl (C=O) groups is 1. The van der Waals surface area contributed by atoms with Gasteiger partial charge in [0.15, 0.2) is 0 Å². The van der Waals surface area contributed by atoms with Gasteiger partial charge >= 0.3 is 5.97 Å². The van der Waals surface area contributed by atoms with Crippen LogP contribution in [-0.2, 0) is 13.6 Å². The molecule has 1 aliphatic rings. The zero-order valence-electron chi connectivity index (χ0n) is 17.6. The molecule has 1 aliphatic carbocycles. The molecule has 2 heterocycles. The van der Waals surface area contributed by atoms with Gasteiger partial charge in [-0.3, -0.25) is 4.68 Å². The summed E-state index contributed by atoms with van der Waals surface area (Å²) < 4.78 is 1.73. The molecule has 2 aromatic carbocycles. The van der Waals surface area contributed by atoms with Crippen molar-refractivity contribution < 1.29 is 9.90 Å². The van der Waals surface area contributed by atoms with Crippen LogP contribution in [0.3, 0.4) is 0 Å². The topological polar surface area (TPSA) is 109 Å². The minimum absolute atomic E-state index is 0.260. The number of hydrogen-bond donors (Lipinski definition) is 4. The minimum atomic E-state index is -0.938. The molecule has 4 aromatic rings.